The largest absolute Gasteiger partial charge is 0.489 e. The van der Waals surface area contributed by atoms with Gasteiger partial charge in [0.2, 0.25) is 0 Å². The predicted octanol–water partition coefficient (Wildman–Crippen LogP) is 2.50. The van der Waals surface area contributed by atoms with Crippen LogP contribution < -0.4 is 10.1 Å². The van der Waals surface area contributed by atoms with E-state index in [1.807, 2.05) is 24.3 Å². The number of nitrogens with zero attached hydrogens (tertiary/aromatic N) is 1. The third-order valence-electron chi connectivity index (χ3n) is 4.13. The summed E-state index contributed by atoms with van der Waals surface area (Å²) >= 11 is 0. The Hall–Kier alpha value is -1.79. The molecule has 1 aromatic carbocycles. The Morgan fingerprint density at radius 2 is 2.04 bits per heavy atom. The highest BCUT2D eigenvalue weighted by molar-refractivity contribution is 5.91. The lowest BCUT2D eigenvalue weighted by Gasteiger charge is -2.27. The standard InChI is InChI=1S/C17H24N2O4/c20-17(19-8-11-21-12-9-19)18-15-6-1-2-7-16(15)23-13-14-5-3-4-10-22-14/h1-2,6-7,14H,3-5,8-13H2,(H,18,20)/t14-/m0/s1. The summed E-state index contributed by atoms with van der Waals surface area (Å²) in [4.78, 5) is 14.1. The van der Waals surface area contributed by atoms with E-state index in [9.17, 15) is 4.79 Å². The Balaban J connectivity index is 1.57. The van der Waals surface area contributed by atoms with Gasteiger partial charge in [0.1, 0.15) is 12.4 Å². The van der Waals surface area contributed by atoms with Crippen LogP contribution in [0, 0.1) is 0 Å². The second-order valence-corrected chi connectivity index (χ2v) is 5.83. The minimum Gasteiger partial charge on any atom is -0.489 e. The van der Waals surface area contributed by atoms with Crippen molar-refractivity contribution in [2.75, 3.05) is 44.8 Å². The molecule has 6 nitrogen and oxygen atoms in total. The van der Waals surface area contributed by atoms with E-state index < -0.39 is 0 Å². The molecule has 0 saturated carbocycles. The van der Waals surface area contributed by atoms with Crippen LogP contribution in [0.15, 0.2) is 24.3 Å². The minimum atomic E-state index is -0.113. The molecule has 2 aliphatic heterocycles. The van der Waals surface area contributed by atoms with Gasteiger partial charge >= 0.3 is 6.03 Å². The number of nitrogens with one attached hydrogen (secondary N) is 1. The molecule has 3 rings (SSSR count). The Kier molecular flexibility index (Phi) is 5.71. The molecule has 0 aliphatic carbocycles. The van der Waals surface area contributed by atoms with Crippen LogP contribution in [0.25, 0.3) is 0 Å². The lowest BCUT2D eigenvalue weighted by molar-refractivity contribution is -0.0109. The Morgan fingerprint density at radius 1 is 1.22 bits per heavy atom. The van der Waals surface area contributed by atoms with Crippen molar-refractivity contribution in [1.29, 1.82) is 0 Å². The van der Waals surface area contributed by atoms with Crippen LogP contribution in [0.3, 0.4) is 0 Å². The van der Waals surface area contributed by atoms with E-state index in [-0.39, 0.29) is 12.1 Å². The normalized spacial score (nSPS) is 21.7. The molecule has 2 amide bonds. The van der Waals surface area contributed by atoms with Gasteiger partial charge in [-0.05, 0) is 31.4 Å². The zero-order valence-corrected chi connectivity index (χ0v) is 13.3. The van der Waals surface area contributed by atoms with Crippen molar-refractivity contribution >= 4 is 11.7 Å². The maximum absolute atomic E-state index is 12.3. The highest BCUT2D eigenvalue weighted by Gasteiger charge is 2.19. The number of hydrogen-bond acceptors (Lipinski definition) is 4. The van der Waals surface area contributed by atoms with Crippen LogP contribution in [0.2, 0.25) is 0 Å². The molecular weight excluding hydrogens is 296 g/mol. The van der Waals surface area contributed by atoms with Crippen molar-refractivity contribution in [2.24, 2.45) is 0 Å². The zero-order chi connectivity index (χ0) is 15.9. The number of anilines is 1. The van der Waals surface area contributed by atoms with Gasteiger partial charge in [-0.15, -0.1) is 0 Å². The van der Waals surface area contributed by atoms with E-state index >= 15 is 0 Å². The van der Waals surface area contributed by atoms with Gasteiger partial charge in [-0.2, -0.15) is 0 Å². The first kappa shape index (κ1) is 16.1. The van der Waals surface area contributed by atoms with Crippen molar-refractivity contribution in [2.45, 2.75) is 25.4 Å². The SMILES string of the molecule is O=C(Nc1ccccc1OC[C@@H]1CCCCO1)N1CCOCC1. The van der Waals surface area contributed by atoms with E-state index in [2.05, 4.69) is 5.32 Å². The number of urea groups is 1. The first-order chi connectivity index (χ1) is 11.3. The van der Waals surface area contributed by atoms with E-state index in [1.165, 1.54) is 6.42 Å². The van der Waals surface area contributed by atoms with Gasteiger partial charge in [0.05, 0.1) is 25.0 Å². The van der Waals surface area contributed by atoms with Crippen molar-refractivity contribution < 1.29 is 19.0 Å². The summed E-state index contributed by atoms with van der Waals surface area (Å²) in [6, 6.07) is 7.41. The molecule has 2 aliphatic rings. The average Bonchev–Trinajstić information content (AvgIpc) is 2.62. The lowest BCUT2D eigenvalue weighted by atomic mass is 10.1. The molecule has 126 valence electrons. The molecule has 0 spiro atoms. The Labute approximate surface area is 136 Å². The zero-order valence-electron chi connectivity index (χ0n) is 13.3. The molecule has 23 heavy (non-hydrogen) atoms. The molecule has 6 heteroatoms. The van der Waals surface area contributed by atoms with Gasteiger partial charge in [-0.1, -0.05) is 12.1 Å². The number of morpholine rings is 1. The number of rotatable bonds is 4. The van der Waals surface area contributed by atoms with Crippen LogP contribution >= 0.6 is 0 Å². The minimum absolute atomic E-state index is 0.113. The molecule has 1 N–H and O–H groups in total. The number of hydrogen-bond donors (Lipinski definition) is 1. The molecule has 2 saturated heterocycles. The predicted molar refractivity (Wildman–Crippen MR) is 86.9 cm³/mol. The number of carbonyl (C=O) groups excluding carboxylic acids is 1. The topological polar surface area (TPSA) is 60.0 Å². The summed E-state index contributed by atoms with van der Waals surface area (Å²) in [5, 5.41) is 2.93. The van der Waals surface area contributed by atoms with Crippen molar-refractivity contribution in [3.05, 3.63) is 24.3 Å². The maximum Gasteiger partial charge on any atom is 0.322 e. The summed E-state index contributed by atoms with van der Waals surface area (Å²) in [7, 11) is 0. The molecular formula is C17H24N2O4. The summed E-state index contributed by atoms with van der Waals surface area (Å²) in [5.41, 5.74) is 0.694. The number of benzene rings is 1. The fraction of sp³-hybridized carbons (Fsp3) is 0.588. The average molecular weight is 320 g/mol. The fourth-order valence-corrected chi connectivity index (χ4v) is 2.78. The number of para-hydroxylation sites is 2. The van der Waals surface area contributed by atoms with E-state index in [1.54, 1.807) is 4.90 Å². The van der Waals surface area contributed by atoms with Crippen LogP contribution in [-0.2, 0) is 9.47 Å². The highest BCUT2D eigenvalue weighted by atomic mass is 16.5. The molecule has 0 radical (unpaired) electrons. The first-order valence-corrected chi connectivity index (χ1v) is 8.30. The van der Waals surface area contributed by atoms with Crippen LogP contribution in [-0.4, -0.2) is 56.6 Å². The molecule has 1 aromatic rings. The van der Waals surface area contributed by atoms with E-state index in [0.29, 0.717) is 44.3 Å². The Bertz CT molecular complexity index is 511. The fourth-order valence-electron chi connectivity index (χ4n) is 2.78. The van der Waals surface area contributed by atoms with Gasteiger partial charge in [-0.25, -0.2) is 4.79 Å². The summed E-state index contributed by atoms with van der Waals surface area (Å²) in [6.45, 7) is 3.73. The van der Waals surface area contributed by atoms with E-state index in [4.69, 9.17) is 14.2 Å². The molecule has 0 bridgehead atoms. The molecule has 2 fully saturated rings. The quantitative estimate of drug-likeness (QED) is 0.926. The number of carbonyl (C=O) groups is 1. The Morgan fingerprint density at radius 3 is 2.83 bits per heavy atom. The van der Waals surface area contributed by atoms with Crippen LogP contribution in [0.4, 0.5) is 10.5 Å². The van der Waals surface area contributed by atoms with Crippen LogP contribution in [0.5, 0.6) is 5.75 Å². The second-order valence-electron chi connectivity index (χ2n) is 5.83. The van der Waals surface area contributed by atoms with Gasteiger partial charge in [0, 0.05) is 19.7 Å². The summed E-state index contributed by atoms with van der Waals surface area (Å²) in [5.74, 6) is 0.684. The first-order valence-electron chi connectivity index (χ1n) is 8.30. The maximum atomic E-state index is 12.3. The highest BCUT2D eigenvalue weighted by Crippen LogP contribution is 2.25. The van der Waals surface area contributed by atoms with Gasteiger partial charge in [-0.3, -0.25) is 0 Å². The van der Waals surface area contributed by atoms with Crippen molar-refractivity contribution in [1.82, 2.24) is 4.90 Å². The number of amides is 2. The monoisotopic (exact) mass is 320 g/mol. The van der Waals surface area contributed by atoms with Gasteiger partial charge in [0.25, 0.3) is 0 Å². The molecule has 0 aromatic heterocycles. The molecule has 1 atom stereocenters. The molecule has 2 heterocycles. The summed E-state index contributed by atoms with van der Waals surface area (Å²) < 4.78 is 16.8. The third kappa shape index (κ3) is 4.59. The lowest BCUT2D eigenvalue weighted by Crippen LogP contribution is -2.43. The smallest absolute Gasteiger partial charge is 0.322 e. The summed E-state index contributed by atoms with van der Waals surface area (Å²) in [6.07, 6.45) is 3.49. The van der Waals surface area contributed by atoms with Gasteiger partial charge in [0.15, 0.2) is 0 Å². The third-order valence-corrected chi connectivity index (χ3v) is 4.13. The van der Waals surface area contributed by atoms with Gasteiger partial charge < -0.3 is 24.4 Å². The van der Waals surface area contributed by atoms with Crippen LogP contribution in [0.1, 0.15) is 19.3 Å². The number of ether oxygens (including phenoxy) is 3. The van der Waals surface area contributed by atoms with E-state index in [0.717, 1.165) is 19.4 Å². The molecule has 0 unspecified atom stereocenters. The second kappa shape index (κ2) is 8.17. The van der Waals surface area contributed by atoms with Crippen molar-refractivity contribution in [3.8, 4) is 5.75 Å². The van der Waals surface area contributed by atoms with Crippen molar-refractivity contribution in [3.63, 3.8) is 0 Å².